The van der Waals surface area contributed by atoms with Crippen molar-refractivity contribution in [3.05, 3.63) is 63.6 Å². The first-order chi connectivity index (χ1) is 15.7. The SMILES string of the molecule is CCN(CC)c1ccc(CNC(=O)C2CCCN(S(=O)(=O)Cc3c(Cl)cccc3Cl)C2)cc1. The van der Waals surface area contributed by atoms with Gasteiger partial charge in [0.25, 0.3) is 0 Å². The van der Waals surface area contributed by atoms with E-state index in [1.165, 1.54) is 4.31 Å². The summed E-state index contributed by atoms with van der Waals surface area (Å²) < 4.78 is 27.4. The van der Waals surface area contributed by atoms with Crippen molar-refractivity contribution in [3.63, 3.8) is 0 Å². The number of carbonyl (C=O) groups excluding carboxylic acids is 1. The topological polar surface area (TPSA) is 69.7 Å². The fourth-order valence-electron chi connectivity index (χ4n) is 4.10. The molecule has 3 rings (SSSR count). The van der Waals surface area contributed by atoms with Crippen molar-refractivity contribution in [2.75, 3.05) is 31.1 Å². The van der Waals surface area contributed by atoms with Crippen LogP contribution in [0.2, 0.25) is 10.0 Å². The highest BCUT2D eigenvalue weighted by Gasteiger charge is 2.33. The lowest BCUT2D eigenvalue weighted by atomic mass is 9.98. The summed E-state index contributed by atoms with van der Waals surface area (Å²) >= 11 is 12.3. The van der Waals surface area contributed by atoms with Crippen LogP contribution < -0.4 is 10.2 Å². The van der Waals surface area contributed by atoms with Gasteiger partial charge >= 0.3 is 0 Å². The minimum Gasteiger partial charge on any atom is -0.372 e. The van der Waals surface area contributed by atoms with E-state index in [1.807, 2.05) is 12.1 Å². The maximum Gasteiger partial charge on any atom is 0.224 e. The molecule has 2 aromatic carbocycles. The van der Waals surface area contributed by atoms with Gasteiger partial charge in [-0.3, -0.25) is 4.79 Å². The Morgan fingerprint density at radius 3 is 2.33 bits per heavy atom. The molecule has 0 aliphatic carbocycles. The number of benzene rings is 2. The van der Waals surface area contributed by atoms with E-state index in [0.29, 0.717) is 41.5 Å². The summed E-state index contributed by atoms with van der Waals surface area (Å²) in [5.41, 5.74) is 2.55. The molecule has 0 spiro atoms. The van der Waals surface area contributed by atoms with E-state index >= 15 is 0 Å². The lowest BCUT2D eigenvalue weighted by Crippen LogP contribution is -2.45. The molecule has 2 aromatic rings. The zero-order chi connectivity index (χ0) is 24.0. The summed E-state index contributed by atoms with van der Waals surface area (Å²) in [6, 6.07) is 13.1. The summed E-state index contributed by atoms with van der Waals surface area (Å²) in [5.74, 6) is -0.790. The van der Waals surface area contributed by atoms with Crippen LogP contribution in [0.15, 0.2) is 42.5 Å². The van der Waals surface area contributed by atoms with Crippen LogP contribution in [0.3, 0.4) is 0 Å². The van der Waals surface area contributed by atoms with E-state index in [2.05, 4.69) is 36.2 Å². The van der Waals surface area contributed by atoms with E-state index in [0.717, 1.165) is 24.3 Å². The third-order valence-corrected chi connectivity index (χ3v) is 8.55. The standard InChI is InChI=1S/C24H31Cl2N3O3S/c1-3-28(4-2)20-12-10-18(11-13-20)15-27-24(30)19-7-6-14-29(16-19)33(31,32)17-21-22(25)8-5-9-23(21)26/h5,8-13,19H,3-4,6-7,14-17H2,1-2H3,(H,27,30). The van der Waals surface area contributed by atoms with Gasteiger partial charge in [-0.2, -0.15) is 0 Å². The number of amides is 1. The molecule has 1 heterocycles. The van der Waals surface area contributed by atoms with Crippen LogP contribution in [0.25, 0.3) is 0 Å². The summed E-state index contributed by atoms with van der Waals surface area (Å²) in [6.45, 7) is 7.09. The number of carbonyl (C=O) groups is 1. The Balaban J connectivity index is 1.59. The molecule has 1 N–H and O–H groups in total. The Labute approximate surface area is 206 Å². The fourth-order valence-corrected chi connectivity index (χ4v) is 6.46. The van der Waals surface area contributed by atoms with Gasteiger partial charge in [0.1, 0.15) is 0 Å². The van der Waals surface area contributed by atoms with Crippen LogP contribution in [-0.4, -0.2) is 44.8 Å². The Morgan fingerprint density at radius 1 is 1.09 bits per heavy atom. The molecule has 1 aliphatic rings. The highest BCUT2D eigenvalue weighted by Crippen LogP contribution is 2.29. The van der Waals surface area contributed by atoms with Gasteiger partial charge in [0.05, 0.1) is 11.7 Å². The number of hydrogen-bond acceptors (Lipinski definition) is 4. The van der Waals surface area contributed by atoms with E-state index in [4.69, 9.17) is 23.2 Å². The highest BCUT2D eigenvalue weighted by atomic mass is 35.5. The molecule has 1 unspecified atom stereocenters. The van der Waals surface area contributed by atoms with Gasteiger partial charge < -0.3 is 10.2 Å². The predicted molar refractivity (Wildman–Crippen MR) is 135 cm³/mol. The van der Waals surface area contributed by atoms with Gasteiger partial charge in [-0.25, -0.2) is 12.7 Å². The zero-order valence-electron chi connectivity index (χ0n) is 19.1. The molecule has 6 nitrogen and oxygen atoms in total. The number of nitrogens with zero attached hydrogens (tertiary/aromatic N) is 2. The van der Waals surface area contributed by atoms with Crippen molar-refractivity contribution in [1.82, 2.24) is 9.62 Å². The van der Waals surface area contributed by atoms with Crippen molar-refractivity contribution in [2.45, 2.75) is 39.0 Å². The van der Waals surface area contributed by atoms with Crippen LogP contribution in [0.5, 0.6) is 0 Å². The monoisotopic (exact) mass is 511 g/mol. The van der Waals surface area contributed by atoms with E-state index < -0.39 is 10.0 Å². The smallest absolute Gasteiger partial charge is 0.224 e. The van der Waals surface area contributed by atoms with Gasteiger partial charge in [0.2, 0.25) is 15.9 Å². The Kier molecular flexibility index (Phi) is 9.04. The maximum atomic E-state index is 13.0. The second-order valence-corrected chi connectivity index (χ2v) is 11.0. The number of sulfonamides is 1. The van der Waals surface area contributed by atoms with Crippen LogP contribution in [-0.2, 0) is 27.1 Å². The van der Waals surface area contributed by atoms with E-state index in [1.54, 1.807) is 18.2 Å². The molecule has 9 heteroatoms. The number of anilines is 1. The summed E-state index contributed by atoms with van der Waals surface area (Å²) in [5, 5.41) is 3.62. The molecule has 1 aliphatic heterocycles. The third-order valence-electron chi connectivity index (χ3n) is 6.07. The third kappa shape index (κ3) is 6.63. The average Bonchev–Trinajstić information content (AvgIpc) is 2.81. The second kappa shape index (κ2) is 11.6. The van der Waals surface area contributed by atoms with Crippen molar-refractivity contribution >= 4 is 44.8 Å². The number of nitrogens with one attached hydrogen (secondary N) is 1. The van der Waals surface area contributed by atoms with Crippen molar-refractivity contribution in [1.29, 1.82) is 0 Å². The first-order valence-electron chi connectivity index (χ1n) is 11.3. The van der Waals surface area contributed by atoms with Crippen LogP contribution in [0.4, 0.5) is 5.69 Å². The highest BCUT2D eigenvalue weighted by molar-refractivity contribution is 7.88. The molecule has 0 radical (unpaired) electrons. The molecule has 1 saturated heterocycles. The lowest BCUT2D eigenvalue weighted by molar-refractivity contribution is -0.126. The molecular weight excluding hydrogens is 481 g/mol. The van der Waals surface area contributed by atoms with Crippen molar-refractivity contribution in [2.24, 2.45) is 5.92 Å². The average molecular weight is 513 g/mol. The minimum atomic E-state index is -3.65. The molecule has 1 fully saturated rings. The van der Waals surface area contributed by atoms with Gasteiger partial charge in [-0.1, -0.05) is 41.4 Å². The number of halogens is 2. The molecule has 0 bridgehead atoms. The molecule has 33 heavy (non-hydrogen) atoms. The minimum absolute atomic E-state index is 0.126. The predicted octanol–water partition coefficient (Wildman–Crippen LogP) is 4.70. The van der Waals surface area contributed by atoms with Gasteiger partial charge in [0, 0.05) is 54.0 Å². The summed E-state index contributed by atoms with van der Waals surface area (Å²) in [7, 11) is -3.65. The van der Waals surface area contributed by atoms with Crippen LogP contribution in [0, 0.1) is 5.92 Å². The fraction of sp³-hybridized carbons (Fsp3) is 0.458. The molecule has 0 saturated carbocycles. The second-order valence-electron chi connectivity index (χ2n) is 8.21. The molecule has 180 valence electrons. The van der Waals surface area contributed by atoms with Crippen molar-refractivity contribution in [3.8, 4) is 0 Å². The maximum absolute atomic E-state index is 13.0. The van der Waals surface area contributed by atoms with Gasteiger partial charge in [0.15, 0.2) is 0 Å². The van der Waals surface area contributed by atoms with Gasteiger partial charge in [-0.05, 0) is 56.5 Å². The number of hydrogen-bond donors (Lipinski definition) is 1. The molecule has 0 aromatic heterocycles. The number of piperidine rings is 1. The molecular formula is C24H31Cl2N3O3S. The lowest BCUT2D eigenvalue weighted by Gasteiger charge is -2.31. The van der Waals surface area contributed by atoms with E-state index in [9.17, 15) is 13.2 Å². The molecule has 1 amide bonds. The Hall–Kier alpha value is -1.80. The largest absolute Gasteiger partial charge is 0.372 e. The van der Waals surface area contributed by atoms with Gasteiger partial charge in [-0.15, -0.1) is 0 Å². The first kappa shape index (κ1) is 25.8. The van der Waals surface area contributed by atoms with Crippen molar-refractivity contribution < 1.29 is 13.2 Å². The normalized spacial score (nSPS) is 17.0. The summed E-state index contributed by atoms with van der Waals surface area (Å²) in [4.78, 5) is 15.1. The number of rotatable bonds is 9. The zero-order valence-corrected chi connectivity index (χ0v) is 21.4. The molecule has 1 atom stereocenters. The van der Waals surface area contributed by atoms with E-state index in [-0.39, 0.29) is 24.1 Å². The Bertz CT molecular complexity index is 1040. The van der Waals surface area contributed by atoms with Crippen LogP contribution in [0.1, 0.15) is 37.8 Å². The Morgan fingerprint density at radius 2 is 1.73 bits per heavy atom. The first-order valence-corrected chi connectivity index (χ1v) is 13.6. The van der Waals surface area contributed by atoms with Crippen LogP contribution >= 0.6 is 23.2 Å². The summed E-state index contributed by atoms with van der Waals surface area (Å²) in [6.07, 6.45) is 1.29. The quantitative estimate of drug-likeness (QED) is 0.529.